The third-order valence-corrected chi connectivity index (χ3v) is 4.61. The molecule has 1 aliphatic carbocycles. The lowest BCUT2D eigenvalue weighted by molar-refractivity contribution is 0.254. The molecule has 1 aromatic rings. The first kappa shape index (κ1) is 13.9. The third-order valence-electron chi connectivity index (χ3n) is 3.72. The number of nitrogens with two attached hydrogens (primary N) is 1. The predicted molar refractivity (Wildman–Crippen MR) is 86.9 cm³/mol. The van der Waals surface area contributed by atoms with E-state index in [-0.39, 0.29) is 0 Å². The van der Waals surface area contributed by atoms with Gasteiger partial charge in [-0.15, -0.1) is 0 Å². The van der Waals surface area contributed by atoms with Crippen LogP contribution in [-0.4, -0.2) is 31.1 Å². The Morgan fingerprint density at radius 3 is 2.78 bits per heavy atom. The van der Waals surface area contributed by atoms with Crippen molar-refractivity contribution in [3.63, 3.8) is 0 Å². The van der Waals surface area contributed by atoms with Crippen molar-refractivity contribution in [3.05, 3.63) is 21.8 Å². The summed E-state index contributed by atoms with van der Waals surface area (Å²) in [6.07, 6.45) is 5.54. The fraction of sp³-hybridized carbons (Fsp3) is 0.571. The summed E-state index contributed by atoms with van der Waals surface area (Å²) in [5.41, 5.74) is 7.76. The molecule has 100 valence electrons. The van der Waals surface area contributed by atoms with Crippen molar-refractivity contribution < 1.29 is 0 Å². The molecule has 1 saturated carbocycles. The standard InChI is InChI=1S/C14H22IN3/c1-18(12-4-2-3-5-12)9-8-17-14-7-6-11(16)10-13(14)15/h6-7,10,12,17H,2-5,8-9,16H2,1H3. The van der Waals surface area contributed by atoms with E-state index in [1.807, 2.05) is 12.1 Å². The summed E-state index contributed by atoms with van der Waals surface area (Å²) < 4.78 is 1.19. The second kappa shape index (κ2) is 6.61. The van der Waals surface area contributed by atoms with Crippen molar-refractivity contribution in [3.8, 4) is 0 Å². The van der Waals surface area contributed by atoms with Crippen LogP contribution in [0.4, 0.5) is 11.4 Å². The largest absolute Gasteiger partial charge is 0.399 e. The van der Waals surface area contributed by atoms with Gasteiger partial charge >= 0.3 is 0 Å². The Bertz CT molecular complexity index is 389. The predicted octanol–water partition coefficient (Wildman–Crippen LogP) is 3.16. The van der Waals surface area contributed by atoms with Crippen LogP contribution < -0.4 is 11.1 Å². The summed E-state index contributed by atoms with van der Waals surface area (Å²) in [6.45, 7) is 2.10. The zero-order valence-electron chi connectivity index (χ0n) is 11.0. The molecule has 0 unspecified atom stereocenters. The van der Waals surface area contributed by atoms with Gasteiger partial charge in [-0.05, 0) is 60.7 Å². The van der Waals surface area contributed by atoms with E-state index in [0.29, 0.717) is 0 Å². The summed E-state index contributed by atoms with van der Waals surface area (Å²) in [7, 11) is 2.24. The number of nitrogens with one attached hydrogen (secondary N) is 1. The van der Waals surface area contributed by atoms with E-state index in [2.05, 4.69) is 45.9 Å². The van der Waals surface area contributed by atoms with Crippen LogP contribution in [0.25, 0.3) is 0 Å². The second-order valence-corrected chi connectivity index (χ2v) is 6.25. The van der Waals surface area contributed by atoms with Crippen LogP contribution in [-0.2, 0) is 0 Å². The van der Waals surface area contributed by atoms with E-state index in [1.54, 1.807) is 0 Å². The van der Waals surface area contributed by atoms with E-state index in [0.717, 1.165) is 24.8 Å². The Balaban J connectivity index is 1.77. The lowest BCUT2D eigenvalue weighted by atomic mass is 10.2. The van der Waals surface area contributed by atoms with Crippen molar-refractivity contribution in [2.75, 3.05) is 31.2 Å². The van der Waals surface area contributed by atoms with Gasteiger partial charge in [0.25, 0.3) is 0 Å². The first-order valence-electron chi connectivity index (χ1n) is 6.66. The first-order valence-corrected chi connectivity index (χ1v) is 7.74. The molecule has 0 saturated heterocycles. The quantitative estimate of drug-likeness (QED) is 0.627. The maximum Gasteiger partial charge on any atom is 0.0477 e. The molecule has 0 atom stereocenters. The minimum Gasteiger partial charge on any atom is -0.399 e. The SMILES string of the molecule is CN(CCNc1ccc(N)cc1I)C1CCCC1. The number of halogens is 1. The molecule has 1 aliphatic rings. The van der Waals surface area contributed by atoms with E-state index in [9.17, 15) is 0 Å². The highest BCUT2D eigenvalue weighted by molar-refractivity contribution is 14.1. The molecule has 0 amide bonds. The monoisotopic (exact) mass is 359 g/mol. The molecule has 1 aromatic carbocycles. The molecule has 1 fully saturated rings. The molecule has 2 rings (SSSR count). The zero-order chi connectivity index (χ0) is 13.0. The van der Waals surface area contributed by atoms with Gasteiger partial charge in [0.1, 0.15) is 0 Å². The molecule has 18 heavy (non-hydrogen) atoms. The Morgan fingerprint density at radius 2 is 2.11 bits per heavy atom. The number of rotatable bonds is 5. The summed E-state index contributed by atoms with van der Waals surface area (Å²) in [4.78, 5) is 2.49. The molecule has 0 heterocycles. The van der Waals surface area contributed by atoms with E-state index >= 15 is 0 Å². The molecule has 0 aliphatic heterocycles. The summed E-state index contributed by atoms with van der Waals surface area (Å²) in [5, 5.41) is 3.49. The third kappa shape index (κ3) is 3.75. The average Bonchev–Trinajstić information content (AvgIpc) is 2.85. The van der Waals surface area contributed by atoms with Crippen LogP contribution in [0, 0.1) is 3.57 Å². The van der Waals surface area contributed by atoms with Crippen LogP contribution >= 0.6 is 22.6 Å². The highest BCUT2D eigenvalue weighted by atomic mass is 127. The van der Waals surface area contributed by atoms with Crippen molar-refractivity contribution in [1.82, 2.24) is 4.90 Å². The summed E-state index contributed by atoms with van der Waals surface area (Å²) in [5.74, 6) is 0. The van der Waals surface area contributed by atoms with Crippen LogP contribution in [0.1, 0.15) is 25.7 Å². The number of benzene rings is 1. The van der Waals surface area contributed by atoms with Crippen molar-refractivity contribution in [2.45, 2.75) is 31.7 Å². The van der Waals surface area contributed by atoms with Gasteiger partial charge in [0.2, 0.25) is 0 Å². The van der Waals surface area contributed by atoms with Gasteiger partial charge in [0, 0.05) is 34.1 Å². The van der Waals surface area contributed by atoms with Gasteiger partial charge in [0.15, 0.2) is 0 Å². The Hall–Kier alpha value is -0.490. The van der Waals surface area contributed by atoms with Gasteiger partial charge in [-0.1, -0.05) is 12.8 Å². The van der Waals surface area contributed by atoms with Gasteiger partial charge in [-0.3, -0.25) is 0 Å². The molecule has 0 radical (unpaired) electrons. The van der Waals surface area contributed by atoms with Crippen LogP contribution in [0.3, 0.4) is 0 Å². The number of anilines is 2. The molecule has 0 bridgehead atoms. The maximum absolute atomic E-state index is 5.75. The minimum atomic E-state index is 0.803. The first-order chi connectivity index (χ1) is 8.66. The number of nitrogen functional groups attached to an aromatic ring is 1. The lowest BCUT2D eigenvalue weighted by Gasteiger charge is -2.24. The van der Waals surface area contributed by atoms with Gasteiger partial charge < -0.3 is 16.0 Å². The van der Waals surface area contributed by atoms with Crippen LogP contribution in [0.15, 0.2) is 18.2 Å². The molecule has 3 nitrogen and oxygen atoms in total. The molecular weight excluding hydrogens is 337 g/mol. The van der Waals surface area contributed by atoms with Gasteiger partial charge in [-0.2, -0.15) is 0 Å². The summed E-state index contributed by atoms with van der Waals surface area (Å²) >= 11 is 2.33. The molecule has 0 spiro atoms. The van der Waals surface area contributed by atoms with Crippen molar-refractivity contribution in [2.24, 2.45) is 0 Å². The second-order valence-electron chi connectivity index (χ2n) is 5.08. The average molecular weight is 359 g/mol. The fourth-order valence-corrected chi connectivity index (χ4v) is 3.30. The number of likely N-dealkylation sites (N-methyl/N-ethyl adjacent to an activating group) is 1. The van der Waals surface area contributed by atoms with Crippen molar-refractivity contribution >= 4 is 34.0 Å². The Morgan fingerprint density at radius 1 is 1.39 bits per heavy atom. The highest BCUT2D eigenvalue weighted by Crippen LogP contribution is 2.23. The minimum absolute atomic E-state index is 0.803. The lowest BCUT2D eigenvalue weighted by Crippen LogP contribution is -2.33. The summed E-state index contributed by atoms with van der Waals surface area (Å²) in [6, 6.07) is 6.82. The van der Waals surface area contributed by atoms with Crippen LogP contribution in [0.5, 0.6) is 0 Å². The van der Waals surface area contributed by atoms with Crippen molar-refractivity contribution in [1.29, 1.82) is 0 Å². The van der Waals surface area contributed by atoms with Gasteiger partial charge in [-0.25, -0.2) is 0 Å². The fourth-order valence-electron chi connectivity index (χ4n) is 2.57. The maximum atomic E-state index is 5.75. The Kier molecular flexibility index (Phi) is 5.12. The number of nitrogens with zero attached hydrogens (tertiary/aromatic N) is 1. The normalized spacial score (nSPS) is 16.4. The zero-order valence-corrected chi connectivity index (χ0v) is 13.1. The molecule has 3 N–H and O–H groups in total. The molecule has 0 aromatic heterocycles. The van der Waals surface area contributed by atoms with E-state index in [1.165, 1.54) is 34.9 Å². The Labute approximate surface area is 123 Å². The number of hydrogen-bond acceptors (Lipinski definition) is 3. The van der Waals surface area contributed by atoms with Crippen LogP contribution in [0.2, 0.25) is 0 Å². The molecule has 4 heteroatoms. The van der Waals surface area contributed by atoms with Gasteiger partial charge in [0.05, 0.1) is 0 Å². The van der Waals surface area contributed by atoms with E-state index < -0.39 is 0 Å². The smallest absolute Gasteiger partial charge is 0.0477 e. The highest BCUT2D eigenvalue weighted by Gasteiger charge is 2.18. The van der Waals surface area contributed by atoms with E-state index in [4.69, 9.17) is 5.73 Å². The molecular formula is C14H22IN3. The number of hydrogen-bond donors (Lipinski definition) is 2. The topological polar surface area (TPSA) is 41.3 Å².